The van der Waals surface area contributed by atoms with Crippen molar-refractivity contribution in [1.82, 2.24) is 4.90 Å². The van der Waals surface area contributed by atoms with Crippen molar-refractivity contribution in [3.63, 3.8) is 0 Å². The molecule has 9 nitrogen and oxygen atoms in total. The van der Waals surface area contributed by atoms with Crippen molar-refractivity contribution in [3.05, 3.63) is 48.0 Å². The van der Waals surface area contributed by atoms with Crippen molar-refractivity contribution in [1.29, 1.82) is 0 Å². The lowest BCUT2D eigenvalue weighted by Crippen LogP contribution is -2.45. The van der Waals surface area contributed by atoms with Crippen molar-refractivity contribution >= 4 is 46.1 Å². The van der Waals surface area contributed by atoms with E-state index in [1.54, 1.807) is 23.1 Å². The first-order chi connectivity index (χ1) is 14.9. The molecule has 1 saturated heterocycles. The minimum absolute atomic E-state index is 0.0394. The summed E-state index contributed by atoms with van der Waals surface area (Å²) in [6.45, 7) is 2.43. The number of carboxylic acids is 1. The van der Waals surface area contributed by atoms with Crippen molar-refractivity contribution < 1.29 is 29.0 Å². The van der Waals surface area contributed by atoms with Gasteiger partial charge in [-0.15, -0.1) is 0 Å². The minimum Gasteiger partial charge on any atom is -0.478 e. The van der Waals surface area contributed by atoms with Gasteiger partial charge < -0.3 is 19.9 Å². The van der Waals surface area contributed by atoms with E-state index in [1.807, 2.05) is 6.92 Å². The highest BCUT2D eigenvalue weighted by atomic mass is 32.2. The van der Waals surface area contributed by atoms with Gasteiger partial charge in [-0.3, -0.25) is 14.5 Å². The maximum Gasteiger partial charge on any atom is 0.335 e. The van der Waals surface area contributed by atoms with Gasteiger partial charge >= 0.3 is 5.97 Å². The van der Waals surface area contributed by atoms with Gasteiger partial charge in [-0.25, -0.2) is 9.79 Å². The first-order valence-corrected chi connectivity index (χ1v) is 10.4. The number of carboxylic acid groups (broad SMARTS) is 1. The van der Waals surface area contributed by atoms with Crippen LogP contribution in [0.3, 0.4) is 0 Å². The second-order valence-electron chi connectivity index (χ2n) is 6.75. The van der Waals surface area contributed by atoms with Crippen molar-refractivity contribution in [3.8, 4) is 11.5 Å². The molecule has 31 heavy (non-hydrogen) atoms. The van der Waals surface area contributed by atoms with Gasteiger partial charge in [0.05, 0.1) is 11.3 Å². The van der Waals surface area contributed by atoms with Crippen LogP contribution >= 0.6 is 11.8 Å². The van der Waals surface area contributed by atoms with Gasteiger partial charge in [0, 0.05) is 24.7 Å². The molecule has 2 aliphatic rings. The van der Waals surface area contributed by atoms with Crippen LogP contribution in [0.5, 0.6) is 11.5 Å². The van der Waals surface area contributed by atoms with Gasteiger partial charge in [-0.2, -0.15) is 0 Å². The molecule has 1 unspecified atom stereocenters. The summed E-state index contributed by atoms with van der Waals surface area (Å²) < 4.78 is 10.7. The number of anilines is 1. The first kappa shape index (κ1) is 20.7. The molecule has 0 spiro atoms. The lowest BCUT2D eigenvalue weighted by molar-refractivity contribution is -0.129. The molecular weight excluding hydrogens is 422 g/mol. The first-order valence-electron chi connectivity index (χ1n) is 9.54. The van der Waals surface area contributed by atoms with E-state index in [0.717, 1.165) is 0 Å². The molecule has 2 heterocycles. The van der Waals surface area contributed by atoms with E-state index in [9.17, 15) is 14.4 Å². The monoisotopic (exact) mass is 441 g/mol. The van der Waals surface area contributed by atoms with Crippen LogP contribution in [-0.2, 0) is 9.59 Å². The number of benzene rings is 2. The van der Waals surface area contributed by atoms with Crippen LogP contribution in [0, 0.1) is 0 Å². The Labute approximate surface area is 182 Å². The Hall–Kier alpha value is -3.53. The summed E-state index contributed by atoms with van der Waals surface area (Å²) in [4.78, 5) is 42.5. The van der Waals surface area contributed by atoms with Crippen LogP contribution < -0.4 is 14.8 Å². The topological polar surface area (TPSA) is 118 Å². The molecule has 0 saturated carbocycles. The third-order valence-corrected chi connectivity index (χ3v) is 5.92. The summed E-state index contributed by atoms with van der Waals surface area (Å²) in [6.07, 6.45) is 0.0394. The second-order valence-corrected chi connectivity index (χ2v) is 7.92. The summed E-state index contributed by atoms with van der Waals surface area (Å²) in [7, 11) is 0. The van der Waals surface area contributed by atoms with Crippen LogP contribution in [0.4, 0.5) is 11.4 Å². The quantitative estimate of drug-likeness (QED) is 0.732. The van der Waals surface area contributed by atoms with Crippen LogP contribution in [-0.4, -0.2) is 51.5 Å². The lowest BCUT2D eigenvalue weighted by atomic mass is 10.2. The number of ether oxygens (including phenoxy) is 2. The number of thioether (sulfide) groups is 1. The summed E-state index contributed by atoms with van der Waals surface area (Å²) in [5.41, 5.74) is 1.16. The average molecular weight is 441 g/mol. The van der Waals surface area contributed by atoms with Crippen LogP contribution in [0.15, 0.2) is 47.5 Å². The number of amidine groups is 1. The molecule has 10 heteroatoms. The zero-order valence-electron chi connectivity index (χ0n) is 16.5. The fourth-order valence-electron chi connectivity index (χ4n) is 3.14. The Morgan fingerprint density at radius 2 is 1.94 bits per heavy atom. The summed E-state index contributed by atoms with van der Waals surface area (Å²) in [5.74, 6) is -0.376. The molecule has 2 aromatic carbocycles. The number of carbonyl (C=O) groups excluding carboxylic acids is 2. The third-order valence-electron chi connectivity index (χ3n) is 4.73. The highest BCUT2D eigenvalue weighted by Gasteiger charge is 2.35. The molecule has 1 fully saturated rings. The Kier molecular flexibility index (Phi) is 5.81. The van der Waals surface area contributed by atoms with Gasteiger partial charge in [0.15, 0.2) is 16.7 Å². The molecule has 0 aliphatic carbocycles. The molecule has 2 N–H and O–H groups in total. The van der Waals surface area contributed by atoms with Crippen molar-refractivity contribution in [2.24, 2.45) is 4.99 Å². The number of amides is 2. The normalized spacial score (nSPS) is 18.9. The molecule has 0 aromatic heterocycles. The molecule has 160 valence electrons. The van der Waals surface area contributed by atoms with E-state index in [0.29, 0.717) is 34.6 Å². The summed E-state index contributed by atoms with van der Waals surface area (Å²) >= 11 is 1.21. The van der Waals surface area contributed by atoms with E-state index < -0.39 is 11.2 Å². The van der Waals surface area contributed by atoms with Gasteiger partial charge in [0.2, 0.25) is 18.6 Å². The van der Waals surface area contributed by atoms with Gasteiger partial charge in [0.25, 0.3) is 0 Å². The van der Waals surface area contributed by atoms with E-state index >= 15 is 0 Å². The number of hydrogen-bond donors (Lipinski definition) is 2. The molecule has 1 atom stereocenters. The van der Waals surface area contributed by atoms with Crippen molar-refractivity contribution in [2.75, 3.05) is 18.7 Å². The number of rotatable bonds is 5. The summed E-state index contributed by atoms with van der Waals surface area (Å²) in [6, 6.07) is 11.1. The van der Waals surface area contributed by atoms with E-state index in [2.05, 4.69) is 10.3 Å². The molecular formula is C21H19N3O6S. The fourth-order valence-corrected chi connectivity index (χ4v) is 4.30. The van der Waals surface area contributed by atoms with E-state index in [4.69, 9.17) is 14.6 Å². The number of nitrogens with zero attached hydrogens (tertiary/aromatic N) is 2. The largest absolute Gasteiger partial charge is 0.478 e. The molecule has 2 amide bonds. The number of fused-ring (bicyclic) bond motifs is 1. The number of carbonyl (C=O) groups is 3. The van der Waals surface area contributed by atoms with E-state index in [-0.39, 0.29) is 30.6 Å². The number of nitrogens with one attached hydrogen (secondary N) is 1. The maximum atomic E-state index is 12.8. The number of aliphatic imine (C=N–C) groups is 1. The third kappa shape index (κ3) is 4.48. The molecule has 2 aliphatic heterocycles. The fraction of sp³-hybridized carbons (Fsp3) is 0.238. The predicted molar refractivity (Wildman–Crippen MR) is 115 cm³/mol. The Balaban J connectivity index is 1.52. The number of aromatic carboxylic acids is 1. The van der Waals surface area contributed by atoms with Crippen LogP contribution in [0.2, 0.25) is 0 Å². The SMILES string of the molecule is CCN1C(=O)CC(C(=O)Nc2ccc(C(=O)O)cc2)SC1=Nc1ccc2c(c1)OCO2. The van der Waals surface area contributed by atoms with Crippen molar-refractivity contribution in [2.45, 2.75) is 18.6 Å². The van der Waals surface area contributed by atoms with Gasteiger partial charge in [-0.05, 0) is 43.3 Å². The Bertz CT molecular complexity index is 1070. The van der Waals surface area contributed by atoms with Gasteiger partial charge in [-0.1, -0.05) is 11.8 Å². The molecule has 4 rings (SSSR count). The molecule has 0 radical (unpaired) electrons. The zero-order chi connectivity index (χ0) is 22.0. The molecule has 2 aromatic rings. The van der Waals surface area contributed by atoms with E-state index in [1.165, 1.54) is 36.0 Å². The Morgan fingerprint density at radius 3 is 2.65 bits per heavy atom. The average Bonchev–Trinajstić information content (AvgIpc) is 3.22. The maximum absolute atomic E-state index is 12.8. The predicted octanol–water partition coefficient (Wildman–Crippen LogP) is 3.09. The van der Waals surface area contributed by atoms with Gasteiger partial charge in [0.1, 0.15) is 5.25 Å². The smallest absolute Gasteiger partial charge is 0.335 e. The second kappa shape index (κ2) is 8.68. The Morgan fingerprint density at radius 1 is 1.19 bits per heavy atom. The summed E-state index contributed by atoms with van der Waals surface area (Å²) in [5, 5.41) is 11.5. The standard InChI is InChI=1S/C21H19N3O6S/c1-2-24-18(25)10-17(19(26)22-13-5-3-12(4-6-13)20(27)28)31-21(24)23-14-7-8-15-16(9-14)30-11-29-15/h3-9,17H,2,10-11H2,1H3,(H,22,26)(H,27,28). The minimum atomic E-state index is -1.05. The lowest BCUT2D eigenvalue weighted by Gasteiger charge is -2.30. The number of hydrogen-bond acceptors (Lipinski definition) is 7. The highest BCUT2D eigenvalue weighted by Crippen LogP contribution is 2.36. The zero-order valence-corrected chi connectivity index (χ0v) is 17.3. The molecule has 0 bridgehead atoms. The van der Waals surface area contributed by atoms with Crippen LogP contribution in [0.1, 0.15) is 23.7 Å². The van der Waals surface area contributed by atoms with Crippen LogP contribution in [0.25, 0.3) is 0 Å². The highest BCUT2D eigenvalue weighted by molar-refractivity contribution is 8.15.